The number of halogens is 1. The minimum absolute atomic E-state index is 0.110. The van der Waals surface area contributed by atoms with Gasteiger partial charge in [0.15, 0.2) is 5.67 Å². The van der Waals surface area contributed by atoms with Gasteiger partial charge in [0.1, 0.15) is 0 Å². The molecule has 0 bridgehead atoms. The van der Waals surface area contributed by atoms with E-state index in [-0.39, 0.29) is 17.4 Å². The number of amides is 2. The average Bonchev–Trinajstić information content (AvgIpc) is 3.03. The Bertz CT molecular complexity index is 394. The Morgan fingerprint density at radius 1 is 1.17 bits per heavy atom. The van der Waals surface area contributed by atoms with Crippen LogP contribution in [0.15, 0.2) is 0 Å². The molecule has 1 unspecified atom stereocenters. The van der Waals surface area contributed by atoms with E-state index in [0.29, 0.717) is 32.4 Å². The molecule has 1 atom stereocenters. The molecule has 1 spiro atoms. The summed E-state index contributed by atoms with van der Waals surface area (Å²) >= 11 is 0. The van der Waals surface area contributed by atoms with E-state index in [4.69, 9.17) is 0 Å². The first-order chi connectivity index (χ1) is 8.53. The summed E-state index contributed by atoms with van der Waals surface area (Å²) in [6.07, 6.45) is 4.72. The van der Waals surface area contributed by atoms with Gasteiger partial charge in [-0.15, -0.1) is 0 Å². The molecular weight excluding hydrogens is 235 g/mol. The van der Waals surface area contributed by atoms with Gasteiger partial charge in [0.25, 0.3) is 5.91 Å². The van der Waals surface area contributed by atoms with E-state index in [1.165, 1.54) is 0 Å². The highest BCUT2D eigenvalue weighted by atomic mass is 19.1. The summed E-state index contributed by atoms with van der Waals surface area (Å²) in [4.78, 5) is 25.0. The lowest BCUT2D eigenvalue weighted by Gasteiger charge is -2.28. The van der Waals surface area contributed by atoms with Crippen LogP contribution in [0.4, 0.5) is 4.39 Å². The molecule has 2 heterocycles. The summed E-state index contributed by atoms with van der Waals surface area (Å²) < 4.78 is 13.8. The van der Waals surface area contributed by atoms with Gasteiger partial charge in [0.2, 0.25) is 5.91 Å². The SMILES string of the molecule is O=C1CCC2(CCCN(C(=O)C3(F)CC3)CC2)N1. The summed E-state index contributed by atoms with van der Waals surface area (Å²) in [5.41, 5.74) is -1.68. The number of carbonyl (C=O) groups excluding carboxylic acids is 2. The molecule has 5 heteroatoms. The smallest absolute Gasteiger partial charge is 0.260 e. The van der Waals surface area contributed by atoms with E-state index >= 15 is 0 Å². The largest absolute Gasteiger partial charge is 0.351 e. The first kappa shape index (κ1) is 11.9. The Hall–Kier alpha value is -1.13. The van der Waals surface area contributed by atoms with Gasteiger partial charge in [-0.1, -0.05) is 0 Å². The Balaban J connectivity index is 1.65. The zero-order valence-electron chi connectivity index (χ0n) is 10.5. The Kier molecular flexibility index (Phi) is 2.61. The standard InChI is InChI=1S/C13H19FN2O2/c14-13(5-6-13)11(18)16-8-1-3-12(7-9-16)4-2-10(17)15-12/h1-9H2,(H,15,17). The van der Waals surface area contributed by atoms with Crippen molar-refractivity contribution in [3.8, 4) is 0 Å². The molecule has 1 aliphatic carbocycles. The first-order valence-electron chi connectivity index (χ1n) is 6.82. The second-order valence-corrected chi connectivity index (χ2v) is 5.94. The van der Waals surface area contributed by atoms with E-state index < -0.39 is 5.67 Å². The summed E-state index contributed by atoms with van der Waals surface area (Å²) in [5.74, 6) is -0.220. The molecule has 0 radical (unpaired) electrons. The Morgan fingerprint density at radius 3 is 2.56 bits per heavy atom. The number of hydrogen-bond acceptors (Lipinski definition) is 2. The molecule has 1 N–H and O–H groups in total. The molecule has 0 aromatic carbocycles. The fourth-order valence-electron chi connectivity index (χ4n) is 3.15. The predicted molar refractivity (Wildman–Crippen MR) is 63.6 cm³/mol. The van der Waals surface area contributed by atoms with Crippen LogP contribution in [0.3, 0.4) is 0 Å². The van der Waals surface area contributed by atoms with Crippen LogP contribution in [0.2, 0.25) is 0 Å². The third-order valence-corrected chi connectivity index (χ3v) is 4.54. The van der Waals surface area contributed by atoms with Gasteiger partial charge < -0.3 is 10.2 Å². The van der Waals surface area contributed by atoms with Crippen molar-refractivity contribution in [2.45, 2.75) is 56.2 Å². The summed E-state index contributed by atoms with van der Waals surface area (Å²) in [5, 5.41) is 3.05. The van der Waals surface area contributed by atoms with Gasteiger partial charge in [-0.3, -0.25) is 9.59 Å². The molecule has 100 valence electrons. The Morgan fingerprint density at radius 2 is 1.94 bits per heavy atom. The third-order valence-electron chi connectivity index (χ3n) is 4.54. The van der Waals surface area contributed by atoms with Crippen molar-refractivity contribution in [1.82, 2.24) is 10.2 Å². The van der Waals surface area contributed by atoms with E-state index in [2.05, 4.69) is 5.32 Å². The molecule has 2 aliphatic heterocycles. The molecule has 3 aliphatic rings. The average molecular weight is 254 g/mol. The lowest BCUT2D eigenvalue weighted by atomic mass is 9.89. The monoisotopic (exact) mass is 254 g/mol. The number of likely N-dealkylation sites (tertiary alicyclic amines) is 1. The maximum atomic E-state index is 13.8. The zero-order valence-corrected chi connectivity index (χ0v) is 10.5. The van der Waals surface area contributed by atoms with Crippen LogP contribution < -0.4 is 5.32 Å². The maximum Gasteiger partial charge on any atom is 0.260 e. The van der Waals surface area contributed by atoms with Gasteiger partial charge in [-0.05, 0) is 38.5 Å². The molecule has 2 saturated heterocycles. The van der Waals surface area contributed by atoms with Crippen LogP contribution in [0.1, 0.15) is 44.9 Å². The first-order valence-corrected chi connectivity index (χ1v) is 6.82. The minimum atomic E-state index is -1.56. The van der Waals surface area contributed by atoms with E-state index in [1.54, 1.807) is 4.90 Å². The fraction of sp³-hybridized carbons (Fsp3) is 0.846. The highest BCUT2D eigenvalue weighted by molar-refractivity contribution is 5.88. The van der Waals surface area contributed by atoms with Gasteiger partial charge in [-0.25, -0.2) is 4.39 Å². The predicted octanol–water partition coefficient (Wildman–Crippen LogP) is 1.15. The lowest BCUT2D eigenvalue weighted by Crippen LogP contribution is -2.43. The van der Waals surface area contributed by atoms with Crippen molar-refractivity contribution in [2.75, 3.05) is 13.1 Å². The van der Waals surface area contributed by atoms with E-state index in [1.807, 2.05) is 0 Å². The second-order valence-electron chi connectivity index (χ2n) is 5.94. The van der Waals surface area contributed by atoms with Crippen LogP contribution in [-0.2, 0) is 9.59 Å². The summed E-state index contributed by atoms with van der Waals surface area (Å²) in [6, 6.07) is 0. The summed E-state index contributed by atoms with van der Waals surface area (Å²) in [7, 11) is 0. The number of carbonyl (C=O) groups is 2. The molecule has 18 heavy (non-hydrogen) atoms. The van der Waals surface area contributed by atoms with E-state index in [0.717, 1.165) is 25.7 Å². The van der Waals surface area contributed by atoms with Crippen molar-refractivity contribution in [2.24, 2.45) is 0 Å². The molecule has 3 rings (SSSR count). The number of nitrogens with zero attached hydrogens (tertiary/aromatic N) is 1. The van der Waals surface area contributed by atoms with Crippen molar-refractivity contribution in [3.63, 3.8) is 0 Å². The molecule has 4 nitrogen and oxygen atoms in total. The van der Waals surface area contributed by atoms with Gasteiger partial charge in [-0.2, -0.15) is 0 Å². The van der Waals surface area contributed by atoms with Crippen LogP contribution in [-0.4, -0.2) is 41.0 Å². The number of hydrogen-bond donors (Lipinski definition) is 1. The normalized spacial score (nSPS) is 34.3. The van der Waals surface area contributed by atoms with Gasteiger partial charge in [0.05, 0.1) is 0 Å². The molecule has 1 saturated carbocycles. The topological polar surface area (TPSA) is 49.4 Å². The van der Waals surface area contributed by atoms with Crippen molar-refractivity contribution >= 4 is 11.8 Å². The number of rotatable bonds is 1. The van der Waals surface area contributed by atoms with Crippen molar-refractivity contribution in [1.29, 1.82) is 0 Å². The highest BCUT2D eigenvalue weighted by Crippen LogP contribution is 2.42. The van der Waals surface area contributed by atoms with Crippen molar-refractivity contribution in [3.05, 3.63) is 0 Å². The van der Waals surface area contributed by atoms with Crippen LogP contribution in [0.5, 0.6) is 0 Å². The molecule has 3 fully saturated rings. The number of alkyl halides is 1. The van der Waals surface area contributed by atoms with Crippen LogP contribution in [0.25, 0.3) is 0 Å². The van der Waals surface area contributed by atoms with Crippen LogP contribution in [0, 0.1) is 0 Å². The fourth-order valence-corrected chi connectivity index (χ4v) is 3.15. The Labute approximate surface area is 106 Å². The zero-order chi connectivity index (χ0) is 12.8. The molecule has 0 aromatic rings. The summed E-state index contributed by atoms with van der Waals surface area (Å²) in [6.45, 7) is 1.20. The maximum absolute atomic E-state index is 13.8. The van der Waals surface area contributed by atoms with Crippen LogP contribution >= 0.6 is 0 Å². The molecular formula is C13H19FN2O2. The third kappa shape index (κ3) is 1.99. The quantitative estimate of drug-likeness (QED) is 0.763. The lowest BCUT2D eigenvalue weighted by molar-refractivity contribution is -0.138. The molecule has 2 amide bonds. The number of nitrogens with one attached hydrogen (secondary N) is 1. The second kappa shape index (κ2) is 3.93. The minimum Gasteiger partial charge on any atom is -0.351 e. The molecule has 0 aromatic heterocycles. The van der Waals surface area contributed by atoms with Gasteiger partial charge in [0, 0.05) is 25.0 Å². The highest BCUT2D eigenvalue weighted by Gasteiger charge is 2.53. The van der Waals surface area contributed by atoms with Crippen molar-refractivity contribution < 1.29 is 14.0 Å². The van der Waals surface area contributed by atoms with Gasteiger partial charge >= 0.3 is 0 Å². The van der Waals surface area contributed by atoms with E-state index in [9.17, 15) is 14.0 Å².